The average Bonchev–Trinajstić information content (AvgIpc) is 2.54. The van der Waals surface area contributed by atoms with Crippen molar-refractivity contribution in [3.63, 3.8) is 0 Å². The van der Waals surface area contributed by atoms with Crippen LogP contribution in [0.15, 0.2) is 24.3 Å². The molecule has 0 atom stereocenters. The summed E-state index contributed by atoms with van der Waals surface area (Å²) in [5.41, 5.74) is 1.13. The van der Waals surface area contributed by atoms with E-state index in [0.717, 1.165) is 31.9 Å². The molecule has 0 aliphatic carbocycles. The Morgan fingerprint density at radius 2 is 1.62 bits per heavy atom. The number of hydrogen-bond donors (Lipinski definition) is 0. The number of esters is 2. The van der Waals surface area contributed by atoms with Crippen LogP contribution in [0.3, 0.4) is 0 Å². The van der Waals surface area contributed by atoms with Crippen LogP contribution < -0.4 is 4.90 Å². The van der Waals surface area contributed by atoms with Gasteiger partial charge in [0, 0.05) is 31.9 Å². The molecule has 0 unspecified atom stereocenters. The van der Waals surface area contributed by atoms with Crippen LogP contribution in [0.5, 0.6) is 0 Å². The standard InChI is InChI=1S/C18H26N2O4/c1-18(2,3)24-17(22)14-5-7-15(8-6-14)20-11-9-19(10-12-20)13-16(21)23-4/h5-8H,9-13H2,1-4H3. The van der Waals surface area contributed by atoms with Crippen LogP contribution in [-0.4, -0.2) is 62.3 Å². The monoisotopic (exact) mass is 334 g/mol. The van der Waals surface area contributed by atoms with E-state index in [-0.39, 0.29) is 11.9 Å². The van der Waals surface area contributed by atoms with Gasteiger partial charge in [-0.05, 0) is 45.0 Å². The molecular weight excluding hydrogens is 308 g/mol. The molecule has 6 nitrogen and oxygen atoms in total. The lowest BCUT2D eigenvalue weighted by atomic mass is 10.1. The van der Waals surface area contributed by atoms with Crippen LogP contribution in [0.2, 0.25) is 0 Å². The third-order valence-electron chi connectivity index (χ3n) is 3.82. The maximum Gasteiger partial charge on any atom is 0.338 e. The third kappa shape index (κ3) is 5.23. The number of carbonyl (C=O) groups is 2. The van der Waals surface area contributed by atoms with Gasteiger partial charge in [0.25, 0.3) is 0 Å². The molecule has 0 spiro atoms. The van der Waals surface area contributed by atoms with Crippen LogP contribution in [0.4, 0.5) is 5.69 Å². The smallest absolute Gasteiger partial charge is 0.338 e. The highest BCUT2D eigenvalue weighted by Crippen LogP contribution is 2.19. The molecule has 1 aromatic rings. The van der Waals surface area contributed by atoms with Gasteiger partial charge in [-0.3, -0.25) is 9.69 Å². The molecule has 1 saturated heterocycles. The molecule has 0 aromatic heterocycles. The quantitative estimate of drug-likeness (QED) is 0.784. The van der Waals surface area contributed by atoms with E-state index in [4.69, 9.17) is 9.47 Å². The van der Waals surface area contributed by atoms with Gasteiger partial charge in [0.2, 0.25) is 0 Å². The molecule has 1 fully saturated rings. The molecule has 1 aromatic carbocycles. The number of benzene rings is 1. The third-order valence-corrected chi connectivity index (χ3v) is 3.82. The Morgan fingerprint density at radius 1 is 1.04 bits per heavy atom. The summed E-state index contributed by atoms with van der Waals surface area (Å²) in [5.74, 6) is -0.512. The second-order valence-electron chi connectivity index (χ2n) is 6.89. The number of hydrogen-bond acceptors (Lipinski definition) is 6. The van der Waals surface area contributed by atoms with E-state index in [1.54, 1.807) is 12.1 Å². The summed E-state index contributed by atoms with van der Waals surface area (Å²) in [6, 6.07) is 7.47. The molecular formula is C18H26N2O4. The Hall–Kier alpha value is -2.08. The lowest BCUT2D eigenvalue weighted by Crippen LogP contribution is -2.48. The minimum Gasteiger partial charge on any atom is -0.468 e. The van der Waals surface area contributed by atoms with Gasteiger partial charge in [0.15, 0.2) is 0 Å². The van der Waals surface area contributed by atoms with Crippen molar-refractivity contribution < 1.29 is 19.1 Å². The van der Waals surface area contributed by atoms with Crippen molar-refractivity contribution in [3.8, 4) is 0 Å². The Kier molecular flexibility index (Phi) is 5.83. The molecule has 0 N–H and O–H groups in total. The van der Waals surface area contributed by atoms with Gasteiger partial charge >= 0.3 is 11.9 Å². The van der Waals surface area contributed by atoms with Crippen molar-refractivity contribution in [1.29, 1.82) is 0 Å². The first-order valence-corrected chi connectivity index (χ1v) is 8.16. The number of nitrogens with zero attached hydrogens (tertiary/aromatic N) is 2. The van der Waals surface area contributed by atoms with E-state index in [9.17, 15) is 9.59 Å². The second kappa shape index (κ2) is 7.66. The zero-order valence-electron chi connectivity index (χ0n) is 14.9. The van der Waals surface area contributed by atoms with Crippen molar-refractivity contribution in [2.75, 3.05) is 44.7 Å². The fraction of sp³-hybridized carbons (Fsp3) is 0.556. The van der Waals surface area contributed by atoms with Crippen LogP contribution in [-0.2, 0) is 14.3 Å². The molecule has 1 aliphatic rings. The van der Waals surface area contributed by atoms with E-state index in [1.807, 2.05) is 32.9 Å². The summed E-state index contributed by atoms with van der Waals surface area (Å²) in [7, 11) is 1.41. The lowest BCUT2D eigenvalue weighted by Gasteiger charge is -2.35. The summed E-state index contributed by atoms with van der Waals surface area (Å²) < 4.78 is 10.1. The zero-order chi connectivity index (χ0) is 17.7. The normalized spacial score (nSPS) is 15.9. The van der Waals surface area contributed by atoms with Gasteiger partial charge < -0.3 is 14.4 Å². The number of ether oxygens (including phenoxy) is 2. The van der Waals surface area contributed by atoms with E-state index in [0.29, 0.717) is 12.1 Å². The summed E-state index contributed by atoms with van der Waals surface area (Å²) >= 11 is 0. The van der Waals surface area contributed by atoms with E-state index >= 15 is 0 Å². The summed E-state index contributed by atoms with van der Waals surface area (Å²) in [6.07, 6.45) is 0. The largest absolute Gasteiger partial charge is 0.468 e. The highest BCUT2D eigenvalue weighted by molar-refractivity contribution is 5.90. The van der Waals surface area contributed by atoms with Crippen molar-refractivity contribution in [2.24, 2.45) is 0 Å². The van der Waals surface area contributed by atoms with Crippen LogP contribution in [0.25, 0.3) is 0 Å². The topological polar surface area (TPSA) is 59.1 Å². The Morgan fingerprint density at radius 3 is 2.12 bits per heavy atom. The predicted octanol–water partition coefficient (Wildman–Crippen LogP) is 1.94. The summed E-state index contributed by atoms with van der Waals surface area (Å²) in [5, 5.41) is 0. The van der Waals surface area contributed by atoms with Gasteiger partial charge in [-0.2, -0.15) is 0 Å². The Labute approximate surface area is 143 Å². The summed E-state index contributed by atoms with van der Waals surface area (Å²) in [4.78, 5) is 27.7. The number of carbonyl (C=O) groups excluding carboxylic acids is 2. The van der Waals surface area contributed by atoms with E-state index in [2.05, 4.69) is 9.80 Å². The molecule has 0 bridgehead atoms. The maximum atomic E-state index is 12.0. The highest BCUT2D eigenvalue weighted by atomic mass is 16.6. The molecule has 1 heterocycles. The SMILES string of the molecule is COC(=O)CN1CCN(c2ccc(C(=O)OC(C)(C)C)cc2)CC1. The Bertz CT molecular complexity index is 570. The van der Waals surface area contributed by atoms with Crippen molar-refractivity contribution in [3.05, 3.63) is 29.8 Å². The second-order valence-corrected chi connectivity index (χ2v) is 6.89. The van der Waals surface area contributed by atoms with Gasteiger partial charge in [-0.1, -0.05) is 0 Å². The molecule has 0 saturated carbocycles. The van der Waals surface area contributed by atoms with Gasteiger partial charge in [-0.25, -0.2) is 4.79 Å². The Balaban J connectivity index is 1.90. The molecule has 1 aliphatic heterocycles. The fourth-order valence-electron chi connectivity index (χ4n) is 2.56. The first-order valence-electron chi connectivity index (χ1n) is 8.16. The molecule has 24 heavy (non-hydrogen) atoms. The van der Waals surface area contributed by atoms with Crippen molar-refractivity contribution in [1.82, 2.24) is 4.90 Å². The van der Waals surface area contributed by atoms with Crippen LogP contribution in [0.1, 0.15) is 31.1 Å². The highest BCUT2D eigenvalue weighted by Gasteiger charge is 2.21. The fourth-order valence-corrected chi connectivity index (χ4v) is 2.56. The molecule has 132 valence electrons. The molecule has 0 amide bonds. The van der Waals surface area contributed by atoms with E-state index < -0.39 is 5.60 Å². The van der Waals surface area contributed by atoms with Crippen molar-refractivity contribution >= 4 is 17.6 Å². The average molecular weight is 334 g/mol. The van der Waals surface area contributed by atoms with Crippen LogP contribution in [0, 0.1) is 0 Å². The van der Waals surface area contributed by atoms with E-state index in [1.165, 1.54) is 7.11 Å². The lowest BCUT2D eigenvalue weighted by molar-refractivity contribution is -0.142. The first kappa shape index (κ1) is 18.3. The number of anilines is 1. The maximum absolute atomic E-state index is 12.0. The van der Waals surface area contributed by atoms with Crippen molar-refractivity contribution in [2.45, 2.75) is 26.4 Å². The zero-order valence-corrected chi connectivity index (χ0v) is 14.9. The summed E-state index contributed by atoms with van der Waals surface area (Å²) in [6.45, 7) is 9.19. The minimum atomic E-state index is -0.494. The molecule has 2 rings (SSSR count). The minimum absolute atomic E-state index is 0.204. The first-order chi connectivity index (χ1) is 11.3. The predicted molar refractivity (Wildman–Crippen MR) is 92.3 cm³/mol. The van der Waals surface area contributed by atoms with Gasteiger partial charge in [0.1, 0.15) is 5.60 Å². The molecule has 6 heteroatoms. The van der Waals surface area contributed by atoms with Crippen LogP contribution >= 0.6 is 0 Å². The van der Waals surface area contributed by atoms with Gasteiger partial charge in [-0.15, -0.1) is 0 Å². The number of rotatable bonds is 4. The van der Waals surface area contributed by atoms with Gasteiger partial charge in [0.05, 0.1) is 19.2 Å². The number of piperazine rings is 1. The molecule has 0 radical (unpaired) electrons. The number of methoxy groups -OCH3 is 1.